The van der Waals surface area contributed by atoms with Crippen LogP contribution >= 0.6 is 0 Å². The van der Waals surface area contributed by atoms with Crippen LogP contribution in [-0.4, -0.2) is 61.6 Å². The van der Waals surface area contributed by atoms with E-state index in [2.05, 4.69) is 52.0 Å². The number of hydrogen-bond acceptors (Lipinski definition) is 7. The highest BCUT2D eigenvalue weighted by Crippen LogP contribution is 2.38. The lowest BCUT2D eigenvalue weighted by Crippen LogP contribution is -2.50. The van der Waals surface area contributed by atoms with Crippen molar-refractivity contribution in [2.75, 3.05) is 51.5 Å². The minimum atomic E-state index is -0.0658. The van der Waals surface area contributed by atoms with Crippen LogP contribution in [0.2, 0.25) is 0 Å². The molecule has 0 bridgehead atoms. The van der Waals surface area contributed by atoms with Crippen LogP contribution in [0.4, 0.5) is 11.8 Å². The van der Waals surface area contributed by atoms with Crippen LogP contribution in [0.3, 0.4) is 0 Å². The molecule has 0 atom stereocenters. The standard InChI is InChI=1S/C27H36N6O2/c1-5-9-24(28)33-14-12-27(13-15-33,19-10-7-6-8-11-19)18-32(2)26-30-21-17-23(35-4)22(34-3)16-20(21)25(29)31-26/h6-8,10-11,16-17,28H,5,9,12-15,18H2,1-4H3,(H2,29,30,31). The molecule has 0 spiro atoms. The number of likely N-dealkylation sites (tertiary alicyclic amines) is 1. The molecule has 1 aliphatic heterocycles. The Kier molecular flexibility index (Phi) is 7.28. The van der Waals surface area contributed by atoms with Crippen molar-refractivity contribution in [3.05, 3.63) is 48.0 Å². The summed E-state index contributed by atoms with van der Waals surface area (Å²) in [7, 11) is 5.23. The number of rotatable bonds is 8. The van der Waals surface area contributed by atoms with E-state index >= 15 is 0 Å². The molecule has 4 rings (SSSR count). The maximum Gasteiger partial charge on any atom is 0.227 e. The molecule has 0 radical (unpaired) electrons. The van der Waals surface area contributed by atoms with E-state index in [1.807, 2.05) is 19.2 Å². The summed E-state index contributed by atoms with van der Waals surface area (Å²) >= 11 is 0. The maximum absolute atomic E-state index is 8.42. The number of ether oxygens (including phenoxy) is 2. The summed E-state index contributed by atoms with van der Waals surface area (Å²) in [6.45, 7) is 4.63. The van der Waals surface area contributed by atoms with Crippen molar-refractivity contribution in [3.63, 3.8) is 0 Å². The average Bonchev–Trinajstić information content (AvgIpc) is 2.88. The van der Waals surface area contributed by atoms with E-state index in [1.54, 1.807) is 14.2 Å². The molecular formula is C27H36N6O2. The fraction of sp³-hybridized carbons (Fsp3) is 0.444. The molecule has 2 aromatic carbocycles. The first-order valence-electron chi connectivity index (χ1n) is 12.2. The Hall–Kier alpha value is -3.55. The second-order valence-corrected chi connectivity index (χ2v) is 9.32. The number of nitrogen functional groups attached to an aromatic ring is 1. The normalized spacial score (nSPS) is 15.1. The van der Waals surface area contributed by atoms with Crippen molar-refractivity contribution < 1.29 is 9.47 Å². The van der Waals surface area contributed by atoms with Gasteiger partial charge in [0.05, 0.1) is 25.6 Å². The number of nitrogens with two attached hydrogens (primary N) is 1. The van der Waals surface area contributed by atoms with Gasteiger partial charge in [-0.1, -0.05) is 37.3 Å². The van der Waals surface area contributed by atoms with E-state index in [9.17, 15) is 0 Å². The highest BCUT2D eigenvalue weighted by atomic mass is 16.5. The summed E-state index contributed by atoms with van der Waals surface area (Å²) in [5.74, 6) is 2.94. The van der Waals surface area contributed by atoms with Crippen molar-refractivity contribution in [2.45, 2.75) is 38.0 Å². The van der Waals surface area contributed by atoms with Gasteiger partial charge in [0.2, 0.25) is 5.95 Å². The number of amidine groups is 1. The van der Waals surface area contributed by atoms with E-state index < -0.39 is 0 Å². The molecule has 1 fully saturated rings. The van der Waals surface area contributed by atoms with Crippen molar-refractivity contribution in [2.24, 2.45) is 0 Å². The number of nitrogens with one attached hydrogen (secondary N) is 1. The van der Waals surface area contributed by atoms with Crippen molar-refractivity contribution in [1.29, 1.82) is 5.41 Å². The van der Waals surface area contributed by atoms with Crippen molar-refractivity contribution in [1.82, 2.24) is 14.9 Å². The van der Waals surface area contributed by atoms with Gasteiger partial charge in [-0.25, -0.2) is 4.98 Å². The monoisotopic (exact) mass is 476 g/mol. The molecule has 3 N–H and O–H groups in total. The fourth-order valence-electron chi connectivity index (χ4n) is 5.09. The Morgan fingerprint density at radius 1 is 1.09 bits per heavy atom. The Bertz CT molecular complexity index is 1180. The fourth-order valence-corrected chi connectivity index (χ4v) is 5.09. The van der Waals surface area contributed by atoms with Gasteiger partial charge in [0, 0.05) is 50.0 Å². The number of piperidine rings is 1. The molecular weight excluding hydrogens is 440 g/mol. The van der Waals surface area contributed by atoms with Crippen LogP contribution in [0.15, 0.2) is 42.5 Å². The number of nitrogens with zero attached hydrogens (tertiary/aromatic N) is 4. The largest absolute Gasteiger partial charge is 0.493 e. The Balaban J connectivity index is 1.64. The van der Waals surface area contributed by atoms with Crippen LogP contribution in [0, 0.1) is 5.41 Å². The van der Waals surface area contributed by atoms with Gasteiger partial charge in [-0.05, 0) is 30.9 Å². The van der Waals surface area contributed by atoms with E-state index in [0.717, 1.165) is 56.5 Å². The number of methoxy groups -OCH3 is 2. The first-order chi connectivity index (χ1) is 16.9. The lowest BCUT2D eigenvalue weighted by Gasteiger charge is -2.45. The molecule has 3 aromatic rings. The van der Waals surface area contributed by atoms with Gasteiger partial charge in [0.15, 0.2) is 11.5 Å². The first kappa shape index (κ1) is 24.6. The predicted octanol–water partition coefficient (Wildman–Crippen LogP) is 4.48. The van der Waals surface area contributed by atoms with Gasteiger partial charge in [-0.3, -0.25) is 5.41 Å². The quantitative estimate of drug-likeness (QED) is 0.365. The van der Waals surface area contributed by atoms with Gasteiger partial charge in [-0.15, -0.1) is 0 Å². The van der Waals surface area contributed by atoms with Crippen molar-refractivity contribution >= 4 is 28.5 Å². The van der Waals surface area contributed by atoms with E-state index in [4.69, 9.17) is 25.6 Å². The molecule has 8 heteroatoms. The van der Waals surface area contributed by atoms with Crippen LogP contribution in [0.1, 0.15) is 38.2 Å². The van der Waals surface area contributed by atoms with Crippen LogP contribution < -0.4 is 20.1 Å². The van der Waals surface area contributed by atoms with Crippen LogP contribution in [0.5, 0.6) is 11.5 Å². The molecule has 8 nitrogen and oxygen atoms in total. The third-order valence-corrected chi connectivity index (χ3v) is 7.08. The molecule has 0 aliphatic carbocycles. The van der Waals surface area contributed by atoms with Gasteiger partial charge in [0.25, 0.3) is 0 Å². The number of aromatic nitrogens is 2. The van der Waals surface area contributed by atoms with E-state index in [0.29, 0.717) is 28.8 Å². The van der Waals surface area contributed by atoms with Crippen LogP contribution in [-0.2, 0) is 5.41 Å². The van der Waals surface area contributed by atoms with Gasteiger partial charge < -0.3 is 25.0 Å². The third-order valence-electron chi connectivity index (χ3n) is 7.08. The predicted molar refractivity (Wildman–Crippen MR) is 142 cm³/mol. The molecule has 35 heavy (non-hydrogen) atoms. The highest BCUT2D eigenvalue weighted by Gasteiger charge is 2.38. The second kappa shape index (κ2) is 10.4. The first-order valence-corrected chi connectivity index (χ1v) is 12.2. The molecule has 186 valence electrons. The second-order valence-electron chi connectivity index (χ2n) is 9.32. The Morgan fingerprint density at radius 2 is 1.74 bits per heavy atom. The number of fused-ring (bicyclic) bond motifs is 1. The minimum Gasteiger partial charge on any atom is -0.493 e. The zero-order valence-electron chi connectivity index (χ0n) is 21.2. The maximum atomic E-state index is 8.42. The average molecular weight is 477 g/mol. The smallest absolute Gasteiger partial charge is 0.227 e. The summed E-state index contributed by atoms with van der Waals surface area (Å²) in [5.41, 5.74) is 8.33. The zero-order chi connectivity index (χ0) is 25.0. The Labute approximate surface area is 207 Å². The molecule has 1 aromatic heterocycles. The Morgan fingerprint density at radius 3 is 2.37 bits per heavy atom. The highest BCUT2D eigenvalue weighted by molar-refractivity contribution is 5.91. The molecule has 0 unspecified atom stereocenters. The third kappa shape index (κ3) is 4.97. The molecule has 2 heterocycles. The summed E-state index contributed by atoms with van der Waals surface area (Å²) < 4.78 is 10.9. The van der Waals surface area contributed by atoms with Gasteiger partial charge in [0.1, 0.15) is 5.82 Å². The lowest BCUT2D eigenvalue weighted by atomic mass is 9.72. The number of likely N-dealkylation sites (N-methyl/N-ethyl adjacent to an activating group) is 1. The number of anilines is 2. The zero-order valence-corrected chi connectivity index (χ0v) is 21.2. The van der Waals surface area contributed by atoms with E-state index in [-0.39, 0.29) is 5.41 Å². The van der Waals surface area contributed by atoms with Crippen molar-refractivity contribution in [3.8, 4) is 11.5 Å². The molecule has 0 saturated carbocycles. The van der Waals surface area contributed by atoms with Crippen LogP contribution in [0.25, 0.3) is 10.9 Å². The molecule has 1 aliphatic rings. The summed E-state index contributed by atoms with van der Waals surface area (Å²) in [4.78, 5) is 13.8. The summed E-state index contributed by atoms with van der Waals surface area (Å²) in [5, 5.41) is 9.15. The minimum absolute atomic E-state index is 0.0658. The topological polar surface area (TPSA) is 101 Å². The summed E-state index contributed by atoms with van der Waals surface area (Å²) in [6.07, 6.45) is 3.75. The number of hydrogen-bond donors (Lipinski definition) is 2. The molecule has 0 amide bonds. The van der Waals surface area contributed by atoms with Gasteiger partial charge in [-0.2, -0.15) is 4.98 Å². The summed E-state index contributed by atoms with van der Waals surface area (Å²) in [6, 6.07) is 14.4. The van der Waals surface area contributed by atoms with E-state index in [1.165, 1.54) is 5.56 Å². The molecule has 1 saturated heterocycles. The number of benzene rings is 2. The van der Waals surface area contributed by atoms with Gasteiger partial charge >= 0.3 is 0 Å². The SMILES string of the molecule is CCCC(=N)N1CCC(CN(C)c2nc(N)c3cc(OC)c(OC)cc3n2)(c2ccccc2)CC1. The lowest BCUT2D eigenvalue weighted by molar-refractivity contribution is 0.224.